The van der Waals surface area contributed by atoms with E-state index in [1.165, 1.54) is 11.8 Å². The molecule has 0 aromatic heterocycles. The van der Waals surface area contributed by atoms with E-state index in [2.05, 4.69) is 0 Å². The summed E-state index contributed by atoms with van der Waals surface area (Å²) in [4.78, 5) is 15.3. The first-order valence-corrected chi connectivity index (χ1v) is 9.94. The molecule has 0 fully saturated rings. The van der Waals surface area contributed by atoms with Crippen molar-refractivity contribution in [1.29, 1.82) is 0 Å². The zero-order valence-corrected chi connectivity index (χ0v) is 16.5. The van der Waals surface area contributed by atoms with Crippen LogP contribution in [-0.4, -0.2) is 36.8 Å². The number of carbonyl (C=O) groups is 1. The van der Waals surface area contributed by atoms with Crippen LogP contribution in [-0.2, 0) is 4.79 Å². The maximum absolute atomic E-state index is 12.6. The number of benzene rings is 2. The van der Waals surface area contributed by atoms with Crippen LogP contribution in [0.3, 0.4) is 0 Å². The second-order valence-corrected chi connectivity index (χ2v) is 7.67. The Morgan fingerprint density at radius 1 is 1.15 bits per heavy atom. The van der Waals surface area contributed by atoms with Gasteiger partial charge in [-0.2, -0.15) is 0 Å². The minimum Gasteiger partial charge on any atom is -0.490 e. The van der Waals surface area contributed by atoms with Crippen molar-refractivity contribution < 1.29 is 14.3 Å². The van der Waals surface area contributed by atoms with E-state index in [1.807, 2.05) is 56.4 Å². The molecule has 0 spiro atoms. The molecular formula is C20H22ClNO3S. The molecule has 4 nitrogen and oxygen atoms in total. The summed E-state index contributed by atoms with van der Waals surface area (Å²) in [5, 5.41) is 0.694. The van der Waals surface area contributed by atoms with Crippen molar-refractivity contribution in [3.8, 4) is 11.5 Å². The third-order valence-corrected chi connectivity index (χ3v) is 5.64. The van der Waals surface area contributed by atoms with Gasteiger partial charge >= 0.3 is 0 Å². The fourth-order valence-electron chi connectivity index (χ4n) is 2.66. The van der Waals surface area contributed by atoms with Crippen molar-refractivity contribution in [3.05, 3.63) is 53.1 Å². The van der Waals surface area contributed by atoms with Crippen LogP contribution in [0.4, 0.5) is 0 Å². The lowest BCUT2D eigenvalue weighted by Gasteiger charge is -2.25. The Morgan fingerprint density at radius 3 is 2.58 bits per heavy atom. The fraction of sp³-hybridized carbons (Fsp3) is 0.350. The number of rotatable bonds is 5. The number of hydrogen-bond donors (Lipinski definition) is 0. The zero-order chi connectivity index (χ0) is 18.5. The maximum Gasteiger partial charge on any atom is 0.233 e. The summed E-state index contributed by atoms with van der Waals surface area (Å²) in [6, 6.07) is 13.4. The number of halogens is 1. The van der Waals surface area contributed by atoms with Crippen LogP contribution in [0.25, 0.3) is 0 Å². The van der Waals surface area contributed by atoms with E-state index >= 15 is 0 Å². The van der Waals surface area contributed by atoms with Crippen molar-refractivity contribution in [3.63, 3.8) is 0 Å². The van der Waals surface area contributed by atoms with E-state index in [4.69, 9.17) is 21.1 Å². The molecule has 1 atom stereocenters. The molecule has 138 valence electrons. The van der Waals surface area contributed by atoms with Crippen LogP contribution in [0, 0.1) is 0 Å². The highest BCUT2D eigenvalue weighted by Crippen LogP contribution is 2.34. The zero-order valence-electron chi connectivity index (χ0n) is 14.9. The maximum atomic E-state index is 12.6. The molecule has 0 saturated heterocycles. The van der Waals surface area contributed by atoms with Crippen LogP contribution in [0.2, 0.25) is 5.02 Å². The van der Waals surface area contributed by atoms with Crippen LogP contribution in [0.15, 0.2) is 47.4 Å². The van der Waals surface area contributed by atoms with E-state index in [1.54, 1.807) is 4.90 Å². The number of fused-ring (bicyclic) bond motifs is 1. The average molecular weight is 392 g/mol. The van der Waals surface area contributed by atoms with E-state index in [0.29, 0.717) is 24.0 Å². The van der Waals surface area contributed by atoms with E-state index < -0.39 is 0 Å². The highest BCUT2D eigenvalue weighted by atomic mass is 35.5. The molecule has 1 unspecified atom stereocenters. The van der Waals surface area contributed by atoms with Gasteiger partial charge in [-0.05, 0) is 42.8 Å². The van der Waals surface area contributed by atoms with Gasteiger partial charge < -0.3 is 14.4 Å². The third kappa shape index (κ3) is 4.65. The number of amides is 1. The Kier molecular flexibility index (Phi) is 6.33. The van der Waals surface area contributed by atoms with E-state index in [0.717, 1.165) is 28.4 Å². The van der Waals surface area contributed by atoms with Crippen molar-refractivity contribution in [2.75, 3.05) is 26.0 Å². The molecule has 1 heterocycles. The Balaban J connectivity index is 1.59. The van der Waals surface area contributed by atoms with Crippen molar-refractivity contribution in [2.24, 2.45) is 0 Å². The van der Waals surface area contributed by atoms with E-state index in [-0.39, 0.29) is 11.9 Å². The molecule has 26 heavy (non-hydrogen) atoms. The lowest BCUT2D eigenvalue weighted by atomic mass is 10.1. The van der Waals surface area contributed by atoms with Crippen LogP contribution in [0.5, 0.6) is 11.5 Å². The number of ether oxygens (including phenoxy) is 2. The minimum atomic E-state index is -0.0101. The Hall–Kier alpha value is -1.85. The lowest BCUT2D eigenvalue weighted by Crippen LogP contribution is -2.31. The molecule has 0 saturated carbocycles. The van der Waals surface area contributed by atoms with Gasteiger partial charge in [0.25, 0.3) is 0 Å². The first kappa shape index (κ1) is 18.9. The normalized spacial score (nSPS) is 14.4. The summed E-state index contributed by atoms with van der Waals surface area (Å²) in [7, 11) is 1.83. The number of carbonyl (C=O) groups excluding carboxylic acids is 1. The Labute approximate surface area is 163 Å². The molecule has 0 radical (unpaired) electrons. The topological polar surface area (TPSA) is 38.8 Å². The fourth-order valence-corrected chi connectivity index (χ4v) is 3.64. The molecule has 2 aromatic rings. The summed E-state index contributed by atoms with van der Waals surface area (Å²) in [5.74, 6) is 1.97. The Bertz CT molecular complexity index is 766. The summed E-state index contributed by atoms with van der Waals surface area (Å²) in [5.41, 5.74) is 1.06. The Morgan fingerprint density at radius 2 is 1.85 bits per heavy atom. The molecule has 1 aliphatic heterocycles. The predicted molar refractivity (Wildman–Crippen MR) is 105 cm³/mol. The molecule has 2 aromatic carbocycles. The quantitative estimate of drug-likeness (QED) is 0.685. The van der Waals surface area contributed by atoms with Crippen LogP contribution < -0.4 is 9.47 Å². The molecule has 3 rings (SSSR count). The predicted octanol–water partition coefficient (Wildman–Crippen LogP) is 4.81. The average Bonchev–Trinajstić information content (AvgIpc) is 2.90. The van der Waals surface area contributed by atoms with Gasteiger partial charge in [0.1, 0.15) is 0 Å². The summed E-state index contributed by atoms with van der Waals surface area (Å²) in [6.07, 6.45) is 0.878. The minimum absolute atomic E-state index is 0.0101. The second kappa shape index (κ2) is 8.69. The first-order chi connectivity index (χ1) is 12.5. The van der Waals surface area contributed by atoms with Crippen molar-refractivity contribution >= 4 is 29.3 Å². The van der Waals surface area contributed by atoms with E-state index in [9.17, 15) is 4.79 Å². The lowest BCUT2D eigenvalue weighted by molar-refractivity contribution is -0.128. The molecular weight excluding hydrogens is 370 g/mol. The van der Waals surface area contributed by atoms with Gasteiger partial charge in [0.05, 0.1) is 25.0 Å². The number of thioether (sulfide) groups is 1. The SMILES string of the molecule is CC(c1ccc(Cl)cc1)N(C)C(=O)CSc1ccc2c(c1)OCCCO2. The highest BCUT2D eigenvalue weighted by Gasteiger charge is 2.18. The van der Waals surface area contributed by atoms with Gasteiger partial charge in [0.15, 0.2) is 11.5 Å². The molecule has 1 aliphatic rings. The summed E-state index contributed by atoms with van der Waals surface area (Å²) >= 11 is 7.44. The monoisotopic (exact) mass is 391 g/mol. The van der Waals surface area contributed by atoms with Gasteiger partial charge in [-0.25, -0.2) is 0 Å². The third-order valence-electron chi connectivity index (χ3n) is 4.41. The van der Waals surface area contributed by atoms with Crippen molar-refractivity contribution in [1.82, 2.24) is 4.90 Å². The van der Waals surface area contributed by atoms with Crippen LogP contribution >= 0.6 is 23.4 Å². The van der Waals surface area contributed by atoms with Gasteiger partial charge in [-0.3, -0.25) is 4.79 Å². The summed E-state index contributed by atoms with van der Waals surface area (Å²) < 4.78 is 11.3. The number of hydrogen-bond acceptors (Lipinski definition) is 4. The van der Waals surface area contributed by atoms with Gasteiger partial charge in [0, 0.05) is 23.4 Å². The molecule has 1 amide bonds. The van der Waals surface area contributed by atoms with Gasteiger partial charge in [-0.15, -0.1) is 11.8 Å². The smallest absolute Gasteiger partial charge is 0.233 e. The summed E-state index contributed by atoms with van der Waals surface area (Å²) in [6.45, 7) is 3.34. The van der Waals surface area contributed by atoms with Crippen LogP contribution in [0.1, 0.15) is 24.9 Å². The molecule has 0 bridgehead atoms. The standard InChI is InChI=1S/C20H22ClNO3S/c1-14(15-4-6-16(21)7-5-15)22(2)20(23)13-26-17-8-9-18-19(12-17)25-11-3-10-24-18/h4-9,12,14H,3,10-11,13H2,1-2H3. The second-order valence-electron chi connectivity index (χ2n) is 6.18. The highest BCUT2D eigenvalue weighted by molar-refractivity contribution is 8.00. The molecule has 0 N–H and O–H groups in total. The van der Waals surface area contributed by atoms with Gasteiger partial charge in [0.2, 0.25) is 5.91 Å². The number of nitrogens with zero attached hydrogens (tertiary/aromatic N) is 1. The van der Waals surface area contributed by atoms with Crippen molar-refractivity contribution in [2.45, 2.75) is 24.3 Å². The molecule has 6 heteroatoms. The largest absolute Gasteiger partial charge is 0.490 e. The first-order valence-electron chi connectivity index (χ1n) is 8.58. The molecule has 0 aliphatic carbocycles. The van der Waals surface area contributed by atoms with Gasteiger partial charge in [-0.1, -0.05) is 23.7 Å².